The fraction of sp³-hybridized carbons (Fsp3) is 0.684. The molecule has 1 amide bonds. The molecule has 0 spiro atoms. The van der Waals surface area contributed by atoms with Gasteiger partial charge >= 0.3 is 0 Å². The van der Waals surface area contributed by atoms with E-state index in [9.17, 15) is 4.79 Å². The number of ether oxygens (including phenoxy) is 3. The van der Waals surface area contributed by atoms with E-state index >= 15 is 0 Å². The lowest BCUT2D eigenvalue weighted by Crippen LogP contribution is -2.39. The van der Waals surface area contributed by atoms with Crippen LogP contribution in [0.2, 0.25) is 0 Å². The smallest absolute Gasteiger partial charge is 0.248 e. The lowest BCUT2D eigenvalue weighted by atomic mass is 9.82. The summed E-state index contributed by atoms with van der Waals surface area (Å²) >= 11 is 0. The number of aromatic nitrogens is 1. The van der Waals surface area contributed by atoms with Crippen LogP contribution in [0.5, 0.6) is 5.75 Å². The third kappa shape index (κ3) is 3.65. The van der Waals surface area contributed by atoms with Gasteiger partial charge in [-0.1, -0.05) is 12.8 Å². The molecule has 6 nitrogen and oxygen atoms in total. The molecule has 3 heterocycles. The zero-order valence-corrected chi connectivity index (χ0v) is 14.6. The van der Waals surface area contributed by atoms with Crippen LogP contribution in [0, 0.1) is 11.3 Å². The van der Waals surface area contributed by atoms with E-state index in [0.717, 1.165) is 25.1 Å². The van der Waals surface area contributed by atoms with Crippen molar-refractivity contribution in [2.45, 2.75) is 31.8 Å². The van der Waals surface area contributed by atoms with Crippen molar-refractivity contribution in [1.29, 1.82) is 0 Å². The van der Waals surface area contributed by atoms with Crippen LogP contribution >= 0.6 is 0 Å². The summed E-state index contributed by atoms with van der Waals surface area (Å²) in [4.78, 5) is 18.6. The molecule has 0 N–H and O–H groups in total. The first-order valence-corrected chi connectivity index (χ1v) is 9.25. The van der Waals surface area contributed by atoms with Crippen LogP contribution in [0.4, 0.5) is 0 Å². The van der Waals surface area contributed by atoms with Crippen molar-refractivity contribution < 1.29 is 19.0 Å². The highest BCUT2D eigenvalue weighted by atomic mass is 16.5. The number of hydrogen-bond acceptors (Lipinski definition) is 5. The fourth-order valence-electron chi connectivity index (χ4n) is 4.22. The first kappa shape index (κ1) is 16.8. The van der Waals surface area contributed by atoms with Crippen LogP contribution in [0.25, 0.3) is 0 Å². The minimum atomic E-state index is -0.112. The van der Waals surface area contributed by atoms with Gasteiger partial charge in [0, 0.05) is 25.2 Å². The molecule has 4 rings (SSSR count). The van der Waals surface area contributed by atoms with E-state index in [1.165, 1.54) is 12.8 Å². The zero-order chi connectivity index (χ0) is 17.1. The molecule has 1 aromatic rings. The van der Waals surface area contributed by atoms with Gasteiger partial charge in [0.15, 0.2) is 0 Å². The first-order valence-electron chi connectivity index (χ1n) is 9.25. The third-order valence-corrected chi connectivity index (χ3v) is 5.78. The topological polar surface area (TPSA) is 60.9 Å². The molecule has 0 aromatic carbocycles. The van der Waals surface area contributed by atoms with Gasteiger partial charge in [-0.2, -0.15) is 0 Å². The van der Waals surface area contributed by atoms with E-state index in [-0.39, 0.29) is 24.0 Å². The Morgan fingerprint density at radius 2 is 2.28 bits per heavy atom. The molecule has 136 valence electrons. The molecule has 1 saturated carbocycles. The Morgan fingerprint density at radius 1 is 1.40 bits per heavy atom. The quantitative estimate of drug-likeness (QED) is 0.787. The van der Waals surface area contributed by atoms with Crippen molar-refractivity contribution in [2.75, 3.05) is 39.5 Å². The Kier molecular flexibility index (Phi) is 4.90. The van der Waals surface area contributed by atoms with Crippen LogP contribution in [0.3, 0.4) is 0 Å². The molecule has 25 heavy (non-hydrogen) atoms. The molecule has 2 atom stereocenters. The number of pyridine rings is 1. The van der Waals surface area contributed by atoms with E-state index in [1.807, 2.05) is 17.0 Å². The Hall–Kier alpha value is -1.66. The number of rotatable bonds is 6. The second kappa shape index (κ2) is 7.30. The van der Waals surface area contributed by atoms with Gasteiger partial charge < -0.3 is 19.1 Å². The zero-order valence-electron chi connectivity index (χ0n) is 14.6. The van der Waals surface area contributed by atoms with Crippen LogP contribution in [0.15, 0.2) is 24.5 Å². The summed E-state index contributed by atoms with van der Waals surface area (Å²) in [5.41, 5.74) is -0.112. The molecule has 3 fully saturated rings. The van der Waals surface area contributed by atoms with Crippen molar-refractivity contribution in [2.24, 2.45) is 11.3 Å². The Bertz CT molecular complexity index is 590. The highest BCUT2D eigenvalue weighted by Gasteiger charge is 2.52. The van der Waals surface area contributed by atoms with Gasteiger partial charge in [0.25, 0.3) is 0 Å². The van der Waals surface area contributed by atoms with Crippen molar-refractivity contribution in [3.8, 4) is 5.75 Å². The summed E-state index contributed by atoms with van der Waals surface area (Å²) in [5.74, 6) is 1.19. The van der Waals surface area contributed by atoms with Crippen molar-refractivity contribution in [3.05, 3.63) is 24.5 Å². The number of hydrogen-bond donors (Lipinski definition) is 0. The minimum Gasteiger partial charge on any atom is -0.491 e. The maximum atomic E-state index is 12.6. The number of nitrogens with zero attached hydrogens (tertiary/aromatic N) is 2. The number of amides is 1. The van der Waals surface area contributed by atoms with Gasteiger partial charge in [0.1, 0.15) is 12.4 Å². The summed E-state index contributed by atoms with van der Waals surface area (Å²) in [7, 11) is 0. The van der Waals surface area contributed by atoms with Crippen molar-refractivity contribution in [3.63, 3.8) is 0 Å². The summed E-state index contributed by atoms with van der Waals surface area (Å²) in [5, 5.41) is 0. The summed E-state index contributed by atoms with van der Waals surface area (Å²) < 4.78 is 17.5. The maximum Gasteiger partial charge on any atom is 0.248 e. The second-order valence-electron chi connectivity index (χ2n) is 7.54. The predicted octanol–water partition coefficient (Wildman–Crippen LogP) is 1.89. The molecular formula is C19H26N2O4. The first-order chi connectivity index (χ1) is 12.3. The van der Waals surface area contributed by atoms with E-state index in [1.54, 1.807) is 12.4 Å². The van der Waals surface area contributed by atoms with E-state index in [4.69, 9.17) is 14.2 Å². The summed E-state index contributed by atoms with van der Waals surface area (Å²) in [6.45, 7) is 3.53. The molecule has 2 saturated heterocycles. The van der Waals surface area contributed by atoms with Crippen LogP contribution in [0.1, 0.15) is 25.7 Å². The van der Waals surface area contributed by atoms with E-state index in [0.29, 0.717) is 32.3 Å². The lowest BCUT2D eigenvalue weighted by Gasteiger charge is -2.27. The highest BCUT2D eigenvalue weighted by Crippen LogP contribution is 2.41. The second-order valence-corrected chi connectivity index (χ2v) is 7.54. The normalized spacial score (nSPS) is 29.1. The molecule has 1 aliphatic carbocycles. The van der Waals surface area contributed by atoms with Crippen molar-refractivity contribution in [1.82, 2.24) is 9.88 Å². The molecule has 3 aliphatic rings. The molecule has 0 unspecified atom stereocenters. The molecule has 2 aliphatic heterocycles. The van der Waals surface area contributed by atoms with Crippen LogP contribution in [-0.2, 0) is 14.3 Å². The van der Waals surface area contributed by atoms with Gasteiger partial charge in [-0.3, -0.25) is 9.78 Å². The Balaban J connectivity index is 1.33. The van der Waals surface area contributed by atoms with Gasteiger partial charge in [0.2, 0.25) is 5.91 Å². The molecule has 1 aromatic heterocycles. The number of fused-ring (bicyclic) bond motifs is 1. The Labute approximate surface area is 148 Å². The number of carbonyl (C=O) groups is 1. The van der Waals surface area contributed by atoms with Gasteiger partial charge in [-0.15, -0.1) is 0 Å². The number of likely N-dealkylation sites (tertiary alicyclic amines) is 1. The maximum absolute atomic E-state index is 12.6. The standard InChI is InChI=1S/C19H26N2O4/c22-18(11-24-16-4-1-2-5-16)21-9-15-10-23-13-19(15,12-21)14-25-17-6-3-7-20-8-17/h3,6-8,15-16H,1-2,4-5,9-14H2/t15-,19+/m0/s1. The predicted molar refractivity (Wildman–Crippen MR) is 91.3 cm³/mol. The van der Waals surface area contributed by atoms with Gasteiger partial charge in [-0.05, 0) is 25.0 Å². The molecule has 6 heteroatoms. The lowest BCUT2D eigenvalue weighted by molar-refractivity contribution is -0.137. The van der Waals surface area contributed by atoms with Gasteiger partial charge in [-0.25, -0.2) is 0 Å². The van der Waals surface area contributed by atoms with Gasteiger partial charge in [0.05, 0.1) is 37.5 Å². The van der Waals surface area contributed by atoms with E-state index < -0.39 is 0 Å². The highest BCUT2D eigenvalue weighted by molar-refractivity contribution is 5.78. The number of carbonyl (C=O) groups excluding carboxylic acids is 1. The summed E-state index contributed by atoms with van der Waals surface area (Å²) in [6, 6.07) is 3.77. The van der Waals surface area contributed by atoms with Crippen molar-refractivity contribution >= 4 is 5.91 Å². The average molecular weight is 346 g/mol. The average Bonchev–Trinajstić information content (AvgIpc) is 3.34. The molecule has 0 radical (unpaired) electrons. The third-order valence-electron chi connectivity index (χ3n) is 5.78. The van der Waals surface area contributed by atoms with Crippen LogP contribution in [-0.4, -0.2) is 61.4 Å². The molecular weight excluding hydrogens is 320 g/mol. The Morgan fingerprint density at radius 3 is 3.08 bits per heavy atom. The summed E-state index contributed by atoms with van der Waals surface area (Å²) in [6.07, 6.45) is 8.34. The minimum absolute atomic E-state index is 0.0991. The molecule has 0 bridgehead atoms. The fourth-order valence-corrected chi connectivity index (χ4v) is 4.22. The van der Waals surface area contributed by atoms with Crippen LogP contribution < -0.4 is 4.74 Å². The monoisotopic (exact) mass is 346 g/mol. The van der Waals surface area contributed by atoms with E-state index in [2.05, 4.69) is 4.98 Å². The SMILES string of the molecule is O=C(COC1CCCC1)N1C[C@H]2COC[C@@]2(COc2cccnc2)C1. The largest absolute Gasteiger partial charge is 0.491 e.